The highest BCUT2D eigenvalue weighted by molar-refractivity contribution is 5.24. The lowest BCUT2D eigenvalue weighted by atomic mass is 10.2. The zero-order valence-electron chi connectivity index (χ0n) is 12.1. The fourth-order valence-corrected chi connectivity index (χ4v) is 1.86. The van der Waals surface area contributed by atoms with Crippen LogP contribution in [0.2, 0.25) is 0 Å². The van der Waals surface area contributed by atoms with E-state index in [1.54, 1.807) is 12.1 Å². The topological polar surface area (TPSA) is 34.4 Å². The highest BCUT2D eigenvalue weighted by Gasteiger charge is 2.08. The zero-order chi connectivity index (χ0) is 14.5. The summed E-state index contributed by atoms with van der Waals surface area (Å²) in [5.41, 5.74) is 1.12. The van der Waals surface area contributed by atoms with E-state index in [2.05, 4.69) is 19.2 Å². The second-order valence-corrected chi connectivity index (χ2v) is 5.08. The average Bonchev–Trinajstić information content (AvgIpc) is 2.75. The molecule has 20 heavy (non-hydrogen) atoms. The lowest BCUT2D eigenvalue weighted by Gasteiger charge is -2.06. The molecule has 1 aromatic heterocycles. The van der Waals surface area contributed by atoms with Crippen LogP contribution in [-0.4, -0.2) is 6.04 Å². The first kappa shape index (κ1) is 14.6. The third-order valence-corrected chi connectivity index (χ3v) is 2.95. The highest BCUT2D eigenvalue weighted by atomic mass is 19.1. The van der Waals surface area contributed by atoms with Gasteiger partial charge in [0.05, 0.1) is 0 Å². The molecule has 0 aliphatic rings. The van der Waals surface area contributed by atoms with Crippen LogP contribution in [0.3, 0.4) is 0 Å². The summed E-state index contributed by atoms with van der Waals surface area (Å²) in [6, 6.07) is 8.49. The molecule has 1 aromatic carbocycles. The van der Waals surface area contributed by atoms with E-state index in [0.29, 0.717) is 18.4 Å². The van der Waals surface area contributed by atoms with Crippen molar-refractivity contribution in [3.05, 3.63) is 53.2 Å². The van der Waals surface area contributed by atoms with Gasteiger partial charge in [-0.1, -0.05) is 19.9 Å². The normalized spacial score (nSPS) is 11.1. The summed E-state index contributed by atoms with van der Waals surface area (Å²) in [5, 5.41) is 3.35. The first-order chi connectivity index (χ1) is 9.54. The number of nitrogens with one attached hydrogen (secondary N) is 1. The summed E-state index contributed by atoms with van der Waals surface area (Å²) >= 11 is 0. The lowest BCUT2D eigenvalue weighted by Crippen LogP contribution is -2.21. The summed E-state index contributed by atoms with van der Waals surface area (Å²) < 4.78 is 24.2. The van der Waals surface area contributed by atoms with Crippen molar-refractivity contribution in [3.63, 3.8) is 0 Å². The molecule has 0 saturated heterocycles. The number of furan rings is 1. The van der Waals surface area contributed by atoms with Crippen molar-refractivity contribution in [2.75, 3.05) is 0 Å². The molecule has 0 aliphatic heterocycles. The van der Waals surface area contributed by atoms with Crippen LogP contribution in [0.1, 0.15) is 30.9 Å². The Morgan fingerprint density at radius 2 is 2.10 bits per heavy atom. The van der Waals surface area contributed by atoms with Gasteiger partial charge in [0.2, 0.25) is 0 Å². The van der Waals surface area contributed by atoms with Crippen LogP contribution in [-0.2, 0) is 13.2 Å². The van der Waals surface area contributed by atoms with Crippen LogP contribution >= 0.6 is 0 Å². The standard InChI is InChI=1S/C16H20FNO2/c1-11(2)18-9-13-7-16(20-12(13)3)10-19-15-6-4-5-14(17)8-15/h4-8,11,18H,9-10H2,1-3H3. The van der Waals surface area contributed by atoms with Crippen molar-refractivity contribution >= 4 is 0 Å². The minimum absolute atomic E-state index is 0.298. The Hall–Kier alpha value is -1.81. The van der Waals surface area contributed by atoms with Crippen molar-refractivity contribution in [1.29, 1.82) is 0 Å². The average molecular weight is 277 g/mol. The molecule has 0 spiro atoms. The fourth-order valence-electron chi connectivity index (χ4n) is 1.86. The summed E-state index contributed by atoms with van der Waals surface area (Å²) in [6.07, 6.45) is 0. The molecule has 3 nitrogen and oxygen atoms in total. The lowest BCUT2D eigenvalue weighted by molar-refractivity contribution is 0.266. The molecular weight excluding hydrogens is 257 g/mol. The van der Waals surface area contributed by atoms with E-state index in [4.69, 9.17) is 9.15 Å². The third-order valence-electron chi connectivity index (χ3n) is 2.95. The van der Waals surface area contributed by atoms with E-state index in [1.165, 1.54) is 12.1 Å². The van der Waals surface area contributed by atoms with Crippen LogP contribution in [0.4, 0.5) is 4.39 Å². The number of aryl methyl sites for hydroxylation is 1. The Morgan fingerprint density at radius 3 is 2.80 bits per heavy atom. The van der Waals surface area contributed by atoms with E-state index in [0.717, 1.165) is 23.6 Å². The van der Waals surface area contributed by atoms with Gasteiger partial charge in [0, 0.05) is 24.2 Å². The first-order valence-electron chi connectivity index (χ1n) is 6.74. The van der Waals surface area contributed by atoms with Gasteiger partial charge in [-0.2, -0.15) is 0 Å². The fraction of sp³-hybridized carbons (Fsp3) is 0.375. The second kappa shape index (κ2) is 6.57. The van der Waals surface area contributed by atoms with Crippen LogP contribution in [0, 0.1) is 12.7 Å². The molecule has 2 aromatic rings. The number of benzene rings is 1. The number of rotatable bonds is 6. The molecule has 0 fully saturated rings. The van der Waals surface area contributed by atoms with Crippen molar-refractivity contribution in [3.8, 4) is 5.75 Å². The Labute approximate surface area is 118 Å². The van der Waals surface area contributed by atoms with Gasteiger partial charge >= 0.3 is 0 Å². The summed E-state index contributed by atoms with van der Waals surface area (Å²) in [7, 11) is 0. The first-order valence-corrected chi connectivity index (χ1v) is 6.74. The molecule has 0 atom stereocenters. The third kappa shape index (κ3) is 4.10. The molecule has 0 aliphatic carbocycles. The van der Waals surface area contributed by atoms with E-state index in [-0.39, 0.29) is 5.82 Å². The number of hydrogen-bond acceptors (Lipinski definition) is 3. The number of ether oxygens (including phenoxy) is 1. The molecular formula is C16H20FNO2. The van der Waals surface area contributed by atoms with Crippen LogP contribution in [0.15, 0.2) is 34.7 Å². The van der Waals surface area contributed by atoms with E-state index in [9.17, 15) is 4.39 Å². The number of hydrogen-bond donors (Lipinski definition) is 1. The molecule has 1 N–H and O–H groups in total. The van der Waals surface area contributed by atoms with Gasteiger partial charge in [0.1, 0.15) is 29.7 Å². The van der Waals surface area contributed by atoms with Crippen molar-refractivity contribution in [2.24, 2.45) is 0 Å². The van der Waals surface area contributed by atoms with Crippen LogP contribution in [0.25, 0.3) is 0 Å². The molecule has 0 unspecified atom stereocenters. The van der Waals surface area contributed by atoms with Gasteiger partial charge in [-0.15, -0.1) is 0 Å². The van der Waals surface area contributed by atoms with Gasteiger partial charge in [-0.25, -0.2) is 4.39 Å². The maximum atomic E-state index is 13.0. The quantitative estimate of drug-likeness (QED) is 0.872. The van der Waals surface area contributed by atoms with Gasteiger partial charge in [0.25, 0.3) is 0 Å². The maximum Gasteiger partial charge on any atom is 0.146 e. The van der Waals surface area contributed by atoms with Gasteiger partial charge in [-0.05, 0) is 25.1 Å². The molecule has 2 rings (SSSR count). The maximum absolute atomic E-state index is 13.0. The highest BCUT2D eigenvalue weighted by Crippen LogP contribution is 2.18. The Balaban J connectivity index is 1.95. The number of halogens is 1. The van der Waals surface area contributed by atoms with E-state index >= 15 is 0 Å². The molecule has 0 amide bonds. The minimum Gasteiger partial charge on any atom is -0.486 e. The predicted octanol–water partition coefficient (Wildman–Crippen LogP) is 3.80. The van der Waals surface area contributed by atoms with E-state index in [1.807, 2.05) is 13.0 Å². The Kier molecular flexibility index (Phi) is 4.79. The van der Waals surface area contributed by atoms with Crippen LogP contribution in [0.5, 0.6) is 5.75 Å². The molecule has 108 valence electrons. The summed E-state index contributed by atoms with van der Waals surface area (Å²) in [6.45, 7) is 7.20. The molecule has 0 saturated carbocycles. The van der Waals surface area contributed by atoms with Crippen molar-refractivity contribution in [1.82, 2.24) is 5.32 Å². The van der Waals surface area contributed by atoms with Gasteiger partial charge in [0.15, 0.2) is 0 Å². The Morgan fingerprint density at radius 1 is 1.30 bits per heavy atom. The monoisotopic (exact) mass is 277 g/mol. The van der Waals surface area contributed by atoms with Gasteiger partial charge in [-0.3, -0.25) is 0 Å². The zero-order valence-corrected chi connectivity index (χ0v) is 12.1. The summed E-state index contributed by atoms with van der Waals surface area (Å²) in [5.74, 6) is 1.82. The SMILES string of the molecule is Cc1oc(COc2cccc(F)c2)cc1CNC(C)C. The molecule has 0 bridgehead atoms. The van der Waals surface area contributed by atoms with E-state index < -0.39 is 0 Å². The summed E-state index contributed by atoms with van der Waals surface area (Å²) in [4.78, 5) is 0. The second-order valence-electron chi connectivity index (χ2n) is 5.08. The van der Waals surface area contributed by atoms with Crippen molar-refractivity contribution in [2.45, 2.75) is 40.0 Å². The molecule has 4 heteroatoms. The largest absolute Gasteiger partial charge is 0.486 e. The predicted molar refractivity (Wildman–Crippen MR) is 76.2 cm³/mol. The minimum atomic E-state index is -0.306. The van der Waals surface area contributed by atoms with Crippen molar-refractivity contribution < 1.29 is 13.5 Å². The van der Waals surface area contributed by atoms with Crippen LogP contribution < -0.4 is 10.1 Å². The molecule has 1 heterocycles. The molecule has 0 radical (unpaired) electrons. The Bertz CT molecular complexity index is 563. The smallest absolute Gasteiger partial charge is 0.146 e. The van der Waals surface area contributed by atoms with Gasteiger partial charge < -0.3 is 14.5 Å².